The molecule has 164 valence electrons. The Morgan fingerprint density at radius 3 is 2.61 bits per heavy atom. The number of alkyl halides is 3. The zero-order valence-corrected chi connectivity index (χ0v) is 16.6. The number of rotatable bonds is 8. The summed E-state index contributed by atoms with van der Waals surface area (Å²) in [5, 5.41) is 10.7. The van der Waals surface area contributed by atoms with E-state index in [1.165, 1.54) is 12.1 Å². The minimum atomic E-state index is -4.87. The van der Waals surface area contributed by atoms with Crippen molar-refractivity contribution in [1.82, 2.24) is 4.57 Å². The summed E-state index contributed by atoms with van der Waals surface area (Å²) in [6.07, 6.45) is -5.04. The van der Waals surface area contributed by atoms with Gasteiger partial charge in [0, 0.05) is 29.6 Å². The van der Waals surface area contributed by atoms with Crippen molar-refractivity contribution in [3.8, 4) is 22.8 Å². The van der Waals surface area contributed by atoms with Gasteiger partial charge in [0.1, 0.15) is 30.8 Å². The van der Waals surface area contributed by atoms with E-state index in [4.69, 9.17) is 9.47 Å². The highest BCUT2D eigenvalue weighted by Crippen LogP contribution is 2.38. The van der Waals surface area contributed by atoms with Crippen molar-refractivity contribution < 1.29 is 37.3 Å². The highest BCUT2D eigenvalue weighted by Gasteiger charge is 2.32. The standard InChI is InChI=1S/C22H20F3NO5/c1-3-21(28)30-13-15(27)12-29-16-8-9-20(31-22(23,24)25)17(11-16)19-10-14-6-4-5-7-18(14)26(19)2/h3-11,15,27H,1,12-13H2,2H3. The molecular weight excluding hydrogens is 415 g/mol. The van der Waals surface area contributed by atoms with Crippen LogP contribution in [0.3, 0.4) is 0 Å². The molecule has 1 aromatic heterocycles. The average Bonchev–Trinajstić information content (AvgIpc) is 3.06. The normalized spacial score (nSPS) is 12.4. The Kier molecular flexibility index (Phi) is 6.55. The molecule has 31 heavy (non-hydrogen) atoms. The van der Waals surface area contributed by atoms with Gasteiger partial charge in [-0.2, -0.15) is 0 Å². The van der Waals surface area contributed by atoms with Gasteiger partial charge in [0.2, 0.25) is 0 Å². The van der Waals surface area contributed by atoms with Gasteiger partial charge >= 0.3 is 12.3 Å². The van der Waals surface area contributed by atoms with Crippen molar-refractivity contribution in [3.63, 3.8) is 0 Å². The fourth-order valence-electron chi connectivity index (χ4n) is 3.04. The lowest BCUT2D eigenvalue weighted by molar-refractivity contribution is -0.274. The van der Waals surface area contributed by atoms with Crippen LogP contribution in [0.1, 0.15) is 0 Å². The van der Waals surface area contributed by atoms with E-state index in [1.54, 1.807) is 17.7 Å². The first-order valence-electron chi connectivity index (χ1n) is 9.22. The van der Waals surface area contributed by atoms with Gasteiger partial charge in [0.15, 0.2) is 0 Å². The Labute approximate surface area is 176 Å². The van der Waals surface area contributed by atoms with E-state index >= 15 is 0 Å². The van der Waals surface area contributed by atoms with Crippen LogP contribution in [0, 0.1) is 0 Å². The summed E-state index contributed by atoms with van der Waals surface area (Å²) >= 11 is 0. The minimum absolute atomic E-state index is 0.168. The summed E-state index contributed by atoms with van der Waals surface area (Å²) in [6.45, 7) is 2.70. The molecule has 0 radical (unpaired) electrons. The van der Waals surface area contributed by atoms with E-state index in [0.717, 1.165) is 23.0 Å². The molecule has 0 aliphatic carbocycles. The molecule has 1 atom stereocenters. The average molecular weight is 435 g/mol. The first kappa shape index (κ1) is 22.2. The second-order valence-corrected chi connectivity index (χ2v) is 6.65. The topological polar surface area (TPSA) is 69.9 Å². The number of halogens is 3. The maximum absolute atomic E-state index is 12.9. The van der Waals surface area contributed by atoms with Gasteiger partial charge in [-0.1, -0.05) is 24.8 Å². The number of esters is 1. The highest BCUT2D eigenvalue weighted by molar-refractivity contribution is 5.88. The van der Waals surface area contributed by atoms with Crippen molar-refractivity contribution in [1.29, 1.82) is 0 Å². The Balaban J connectivity index is 1.89. The van der Waals surface area contributed by atoms with Crippen LogP contribution in [0.5, 0.6) is 11.5 Å². The SMILES string of the molecule is C=CC(=O)OCC(O)COc1ccc(OC(F)(F)F)c(-c2cc3ccccc3n2C)c1. The predicted molar refractivity (Wildman–Crippen MR) is 108 cm³/mol. The summed E-state index contributed by atoms with van der Waals surface area (Å²) in [5.41, 5.74) is 1.49. The van der Waals surface area contributed by atoms with Crippen LogP contribution in [0.2, 0.25) is 0 Å². The summed E-state index contributed by atoms with van der Waals surface area (Å²) in [6, 6.07) is 13.0. The minimum Gasteiger partial charge on any atom is -0.491 e. The third kappa shape index (κ3) is 5.58. The molecule has 0 fully saturated rings. The molecule has 1 heterocycles. The maximum atomic E-state index is 12.9. The number of aromatic nitrogens is 1. The number of aliphatic hydroxyl groups excluding tert-OH is 1. The van der Waals surface area contributed by atoms with Crippen molar-refractivity contribution in [2.75, 3.05) is 13.2 Å². The van der Waals surface area contributed by atoms with Crippen LogP contribution in [-0.2, 0) is 16.6 Å². The zero-order chi connectivity index (χ0) is 22.6. The van der Waals surface area contributed by atoms with E-state index in [-0.39, 0.29) is 30.3 Å². The number of carbonyl (C=O) groups is 1. The van der Waals surface area contributed by atoms with Gasteiger partial charge in [-0.05, 0) is 30.3 Å². The van der Waals surface area contributed by atoms with Gasteiger partial charge in [-0.15, -0.1) is 13.2 Å². The molecule has 0 saturated carbocycles. The number of ether oxygens (including phenoxy) is 3. The van der Waals surface area contributed by atoms with E-state index in [1.807, 2.05) is 24.3 Å². The number of hydrogen-bond donors (Lipinski definition) is 1. The number of aryl methyl sites for hydroxylation is 1. The first-order chi connectivity index (χ1) is 14.7. The Morgan fingerprint density at radius 1 is 1.19 bits per heavy atom. The molecule has 3 rings (SSSR count). The van der Waals surface area contributed by atoms with Crippen LogP contribution in [0.25, 0.3) is 22.2 Å². The van der Waals surface area contributed by atoms with Gasteiger partial charge < -0.3 is 23.9 Å². The highest BCUT2D eigenvalue weighted by atomic mass is 19.4. The van der Waals surface area contributed by atoms with Gasteiger partial charge in [-0.25, -0.2) is 4.79 Å². The number of fused-ring (bicyclic) bond motifs is 1. The van der Waals surface area contributed by atoms with Gasteiger partial charge in [0.25, 0.3) is 0 Å². The lowest BCUT2D eigenvalue weighted by Crippen LogP contribution is -2.24. The predicted octanol–water partition coefficient (Wildman–Crippen LogP) is 4.21. The first-order valence-corrected chi connectivity index (χ1v) is 9.22. The molecule has 0 aliphatic heterocycles. The van der Waals surface area contributed by atoms with Crippen LogP contribution in [0.15, 0.2) is 61.2 Å². The van der Waals surface area contributed by atoms with Crippen molar-refractivity contribution in [3.05, 3.63) is 61.2 Å². The lowest BCUT2D eigenvalue weighted by atomic mass is 10.1. The molecule has 0 amide bonds. The molecule has 0 spiro atoms. The van der Waals surface area contributed by atoms with Crippen LogP contribution >= 0.6 is 0 Å². The zero-order valence-electron chi connectivity index (χ0n) is 16.6. The molecule has 3 aromatic rings. The number of benzene rings is 2. The van der Waals surface area contributed by atoms with Gasteiger partial charge in [0.05, 0.1) is 5.69 Å². The molecule has 9 heteroatoms. The summed E-state index contributed by atoms with van der Waals surface area (Å²) in [7, 11) is 1.74. The summed E-state index contributed by atoms with van der Waals surface area (Å²) in [4.78, 5) is 11.0. The van der Waals surface area contributed by atoms with Crippen LogP contribution in [0.4, 0.5) is 13.2 Å². The number of nitrogens with zero attached hydrogens (tertiary/aromatic N) is 1. The van der Waals surface area contributed by atoms with Crippen molar-refractivity contribution in [2.24, 2.45) is 7.05 Å². The quantitative estimate of drug-likeness (QED) is 0.424. The van der Waals surface area contributed by atoms with Crippen LogP contribution in [-0.4, -0.2) is 41.3 Å². The number of aliphatic hydroxyl groups is 1. The number of hydrogen-bond acceptors (Lipinski definition) is 5. The third-order valence-electron chi connectivity index (χ3n) is 4.43. The lowest BCUT2D eigenvalue weighted by Gasteiger charge is -2.17. The Bertz CT molecular complexity index is 1090. The van der Waals surface area contributed by atoms with Crippen LogP contribution < -0.4 is 9.47 Å². The smallest absolute Gasteiger partial charge is 0.491 e. The molecule has 1 N–H and O–H groups in total. The molecule has 6 nitrogen and oxygen atoms in total. The summed E-state index contributed by atoms with van der Waals surface area (Å²) < 4.78 is 55.0. The molecule has 0 saturated heterocycles. The number of para-hydroxylation sites is 1. The monoisotopic (exact) mass is 435 g/mol. The molecule has 2 aromatic carbocycles. The van der Waals surface area contributed by atoms with Crippen molar-refractivity contribution in [2.45, 2.75) is 12.5 Å². The van der Waals surface area contributed by atoms with E-state index in [0.29, 0.717) is 5.69 Å². The fourth-order valence-corrected chi connectivity index (χ4v) is 3.04. The molecular formula is C22H20F3NO5. The second-order valence-electron chi connectivity index (χ2n) is 6.65. The van der Waals surface area contributed by atoms with Crippen molar-refractivity contribution >= 4 is 16.9 Å². The summed E-state index contributed by atoms with van der Waals surface area (Å²) in [5.74, 6) is -0.860. The van der Waals surface area contributed by atoms with E-state index in [9.17, 15) is 23.1 Å². The largest absolute Gasteiger partial charge is 0.573 e. The van der Waals surface area contributed by atoms with E-state index < -0.39 is 18.4 Å². The van der Waals surface area contributed by atoms with Gasteiger partial charge in [-0.3, -0.25) is 0 Å². The number of carbonyl (C=O) groups excluding carboxylic acids is 1. The molecule has 0 aliphatic rings. The second kappa shape index (κ2) is 9.13. The van der Waals surface area contributed by atoms with E-state index in [2.05, 4.69) is 11.3 Å². The molecule has 1 unspecified atom stereocenters. The molecule has 0 bridgehead atoms. The Morgan fingerprint density at radius 2 is 1.94 bits per heavy atom. The maximum Gasteiger partial charge on any atom is 0.573 e. The Hall–Kier alpha value is -3.46. The fraction of sp³-hybridized carbons (Fsp3) is 0.227. The third-order valence-corrected chi connectivity index (χ3v) is 4.43.